The topological polar surface area (TPSA) is 49.6 Å². The van der Waals surface area contributed by atoms with Crippen LogP contribution >= 0.6 is 0 Å². The van der Waals surface area contributed by atoms with Crippen LogP contribution in [-0.2, 0) is 11.2 Å². The van der Waals surface area contributed by atoms with Crippen molar-refractivity contribution in [1.82, 2.24) is 9.80 Å². The summed E-state index contributed by atoms with van der Waals surface area (Å²) in [6.45, 7) is 8.45. The van der Waals surface area contributed by atoms with Gasteiger partial charge in [0.2, 0.25) is 5.91 Å². The molecule has 1 aromatic carbocycles. The molecular weight excluding hydrogens is 262 g/mol. The molecule has 1 aliphatic rings. The number of nitrogens with two attached hydrogens (primary N) is 1. The van der Waals surface area contributed by atoms with Crippen LogP contribution in [0.2, 0.25) is 0 Å². The maximum atomic E-state index is 12.3. The lowest BCUT2D eigenvalue weighted by Crippen LogP contribution is -2.52. The molecule has 1 aliphatic heterocycles. The lowest BCUT2D eigenvalue weighted by molar-refractivity contribution is -0.133. The quantitative estimate of drug-likeness (QED) is 0.892. The number of hydrogen-bond donors (Lipinski definition) is 1. The summed E-state index contributed by atoms with van der Waals surface area (Å²) in [4.78, 5) is 16.6. The van der Waals surface area contributed by atoms with Gasteiger partial charge in [-0.25, -0.2) is 0 Å². The molecule has 0 bridgehead atoms. The largest absolute Gasteiger partial charge is 0.340 e. The zero-order valence-corrected chi connectivity index (χ0v) is 13.2. The average molecular weight is 289 g/mol. The van der Waals surface area contributed by atoms with Gasteiger partial charge in [-0.3, -0.25) is 9.69 Å². The number of aryl methyl sites for hydroxylation is 2. The van der Waals surface area contributed by atoms with Gasteiger partial charge in [-0.2, -0.15) is 0 Å². The van der Waals surface area contributed by atoms with Crippen LogP contribution in [0.15, 0.2) is 24.3 Å². The van der Waals surface area contributed by atoms with E-state index in [0.29, 0.717) is 19.0 Å². The fraction of sp³-hybridized carbons (Fsp3) is 0.588. The first kappa shape index (κ1) is 16.0. The summed E-state index contributed by atoms with van der Waals surface area (Å²) in [6.07, 6.45) is 1.44. The summed E-state index contributed by atoms with van der Waals surface area (Å²) in [7, 11) is 0. The smallest absolute Gasteiger partial charge is 0.222 e. The molecule has 1 aromatic rings. The normalized spacial score (nSPS) is 17.8. The molecule has 1 amide bonds. The number of carbonyl (C=O) groups is 1. The van der Waals surface area contributed by atoms with E-state index in [1.807, 2.05) is 4.90 Å². The van der Waals surface area contributed by atoms with E-state index in [1.165, 1.54) is 11.1 Å². The predicted molar refractivity (Wildman–Crippen MR) is 86.2 cm³/mol. The average Bonchev–Trinajstić information content (AvgIpc) is 2.53. The molecule has 4 nitrogen and oxygen atoms in total. The Labute approximate surface area is 127 Å². The van der Waals surface area contributed by atoms with Crippen molar-refractivity contribution in [1.29, 1.82) is 0 Å². The molecule has 1 fully saturated rings. The summed E-state index contributed by atoms with van der Waals surface area (Å²) < 4.78 is 0. The van der Waals surface area contributed by atoms with Crippen molar-refractivity contribution in [2.24, 2.45) is 5.73 Å². The third-order valence-electron chi connectivity index (χ3n) is 4.38. The van der Waals surface area contributed by atoms with Gasteiger partial charge in [0.25, 0.3) is 0 Å². The third-order valence-corrected chi connectivity index (χ3v) is 4.38. The second-order valence-electron chi connectivity index (χ2n) is 5.99. The number of amides is 1. The minimum Gasteiger partial charge on any atom is -0.340 e. The Bertz CT molecular complexity index is 450. The number of carbonyl (C=O) groups excluding carboxylic acids is 1. The Morgan fingerprint density at radius 1 is 1.19 bits per heavy atom. The monoisotopic (exact) mass is 289 g/mol. The van der Waals surface area contributed by atoms with Gasteiger partial charge in [0, 0.05) is 45.2 Å². The molecule has 21 heavy (non-hydrogen) atoms. The van der Waals surface area contributed by atoms with E-state index in [-0.39, 0.29) is 5.91 Å². The molecule has 0 aromatic heterocycles. The molecule has 0 aliphatic carbocycles. The first-order valence-electron chi connectivity index (χ1n) is 7.87. The van der Waals surface area contributed by atoms with Crippen molar-refractivity contribution in [2.75, 3.05) is 32.7 Å². The highest BCUT2D eigenvalue weighted by Crippen LogP contribution is 2.10. The zero-order chi connectivity index (χ0) is 15.2. The van der Waals surface area contributed by atoms with E-state index in [4.69, 9.17) is 5.73 Å². The summed E-state index contributed by atoms with van der Waals surface area (Å²) in [5.74, 6) is 0.274. The van der Waals surface area contributed by atoms with E-state index >= 15 is 0 Å². The van der Waals surface area contributed by atoms with Crippen LogP contribution in [0.5, 0.6) is 0 Å². The molecule has 1 heterocycles. The molecule has 2 rings (SSSR count). The van der Waals surface area contributed by atoms with E-state index in [2.05, 4.69) is 43.0 Å². The second kappa shape index (κ2) is 7.57. The Kier molecular flexibility index (Phi) is 5.76. The predicted octanol–water partition coefficient (Wildman–Crippen LogP) is 1.42. The van der Waals surface area contributed by atoms with Gasteiger partial charge in [0.15, 0.2) is 0 Å². The molecule has 4 heteroatoms. The summed E-state index contributed by atoms with van der Waals surface area (Å²) in [5.41, 5.74) is 8.20. The second-order valence-corrected chi connectivity index (χ2v) is 5.99. The van der Waals surface area contributed by atoms with Crippen LogP contribution in [0, 0.1) is 6.92 Å². The van der Waals surface area contributed by atoms with Crippen LogP contribution in [0.1, 0.15) is 24.5 Å². The minimum atomic E-state index is 0.274. The van der Waals surface area contributed by atoms with E-state index < -0.39 is 0 Å². The molecular formula is C17H27N3O. The summed E-state index contributed by atoms with van der Waals surface area (Å²) in [6, 6.07) is 8.85. The minimum absolute atomic E-state index is 0.274. The molecule has 1 saturated heterocycles. The standard InChI is InChI=1S/C17H27N3O/c1-14-3-5-16(6-4-14)7-8-17(21)20-11-9-19(10-12-20)15(2)13-18/h3-6,15H,7-13,18H2,1-2H3. The maximum Gasteiger partial charge on any atom is 0.222 e. The third kappa shape index (κ3) is 4.55. The number of rotatable bonds is 5. The van der Waals surface area contributed by atoms with Crippen LogP contribution in [0.4, 0.5) is 0 Å². The number of hydrogen-bond acceptors (Lipinski definition) is 3. The van der Waals surface area contributed by atoms with E-state index in [0.717, 1.165) is 32.6 Å². The van der Waals surface area contributed by atoms with Crippen molar-refractivity contribution in [3.8, 4) is 0 Å². The van der Waals surface area contributed by atoms with Crippen LogP contribution < -0.4 is 5.73 Å². The van der Waals surface area contributed by atoms with Gasteiger partial charge < -0.3 is 10.6 Å². The van der Waals surface area contributed by atoms with Crippen molar-refractivity contribution in [3.05, 3.63) is 35.4 Å². The molecule has 116 valence electrons. The van der Waals surface area contributed by atoms with Gasteiger partial charge in [0.05, 0.1) is 0 Å². The SMILES string of the molecule is Cc1ccc(CCC(=O)N2CCN(C(C)CN)CC2)cc1. The first-order chi connectivity index (χ1) is 10.1. The van der Waals surface area contributed by atoms with Gasteiger partial charge in [-0.05, 0) is 25.8 Å². The lowest BCUT2D eigenvalue weighted by atomic mass is 10.1. The Hall–Kier alpha value is -1.39. The van der Waals surface area contributed by atoms with Gasteiger partial charge in [0.1, 0.15) is 0 Å². The van der Waals surface area contributed by atoms with Crippen molar-refractivity contribution in [3.63, 3.8) is 0 Å². The van der Waals surface area contributed by atoms with Crippen LogP contribution in [0.3, 0.4) is 0 Å². The van der Waals surface area contributed by atoms with E-state index in [9.17, 15) is 4.79 Å². The lowest BCUT2D eigenvalue weighted by Gasteiger charge is -2.37. The van der Waals surface area contributed by atoms with Gasteiger partial charge in [-0.1, -0.05) is 29.8 Å². The highest BCUT2D eigenvalue weighted by atomic mass is 16.2. The fourth-order valence-electron chi connectivity index (χ4n) is 2.73. The van der Waals surface area contributed by atoms with E-state index in [1.54, 1.807) is 0 Å². The van der Waals surface area contributed by atoms with Crippen molar-refractivity contribution >= 4 is 5.91 Å². The highest BCUT2D eigenvalue weighted by Gasteiger charge is 2.22. The van der Waals surface area contributed by atoms with Crippen LogP contribution in [-0.4, -0.2) is 54.5 Å². The summed E-state index contributed by atoms with van der Waals surface area (Å²) >= 11 is 0. The molecule has 0 spiro atoms. The van der Waals surface area contributed by atoms with Crippen LogP contribution in [0.25, 0.3) is 0 Å². The Morgan fingerprint density at radius 3 is 2.38 bits per heavy atom. The highest BCUT2D eigenvalue weighted by molar-refractivity contribution is 5.76. The number of nitrogens with zero attached hydrogens (tertiary/aromatic N) is 2. The van der Waals surface area contributed by atoms with Crippen molar-refractivity contribution < 1.29 is 4.79 Å². The Balaban J connectivity index is 1.76. The fourth-order valence-corrected chi connectivity index (χ4v) is 2.73. The molecule has 0 saturated carbocycles. The van der Waals surface area contributed by atoms with Gasteiger partial charge >= 0.3 is 0 Å². The summed E-state index contributed by atoms with van der Waals surface area (Å²) in [5, 5.41) is 0. The van der Waals surface area contributed by atoms with Crippen molar-refractivity contribution in [2.45, 2.75) is 32.7 Å². The Morgan fingerprint density at radius 2 is 1.81 bits per heavy atom. The van der Waals surface area contributed by atoms with Gasteiger partial charge in [-0.15, -0.1) is 0 Å². The molecule has 0 radical (unpaired) electrons. The maximum absolute atomic E-state index is 12.3. The first-order valence-corrected chi connectivity index (χ1v) is 7.87. The number of piperazine rings is 1. The molecule has 2 N–H and O–H groups in total. The molecule has 1 atom stereocenters. The number of benzene rings is 1. The zero-order valence-electron chi connectivity index (χ0n) is 13.2. The molecule has 1 unspecified atom stereocenters.